The number of ketones is 1. The van der Waals surface area contributed by atoms with E-state index in [1.807, 2.05) is 6.92 Å². The molecule has 0 spiro atoms. The second-order valence-electron chi connectivity index (χ2n) is 10.5. The predicted molar refractivity (Wildman–Crippen MR) is 138 cm³/mol. The number of fused-ring (bicyclic) bond motifs is 2. The van der Waals surface area contributed by atoms with Crippen molar-refractivity contribution in [3.63, 3.8) is 0 Å². The van der Waals surface area contributed by atoms with Gasteiger partial charge in [0.15, 0.2) is 17.3 Å². The van der Waals surface area contributed by atoms with E-state index >= 15 is 0 Å². The minimum absolute atomic E-state index is 0.0244. The van der Waals surface area contributed by atoms with Crippen molar-refractivity contribution < 1.29 is 42.9 Å². The normalized spacial score (nSPS) is 25.9. The van der Waals surface area contributed by atoms with E-state index in [9.17, 15) is 24.0 Å². The lowest BCUT2D eigenvalue weighted by Gasteiger charge is -2.43. The van der Waals surface area contributed by atoms with Gasteiger partial charge in [0.1, 0.15) is 12.1 Å². The van der Waals surface area contributed by atoms with Crippen LogP contribution >= 0.6 is 0 Å². The van der Waals surface area contributed by atoms with Crippen LogP contribution in [-0.2, 0) is 28.7 Å². The van der Waals surface area contributed by atoms with Crippen LogP contribution < -0.4 is 14.8 Å². The summed E-state index contributed by atoms with van der Waals surface area (Å²) in [5.74, 6) is -0.831. The number of benzene rings is 1. The van der Waals surface area contributed by atoms with Crippen LogP contribution in [-0.4, -0.2) is 77.8 Å². The molecule has 5 rings (SSSR count). The number of cyclic esters (lactones) is 1. The highest BCUT2D eigenvalue weighted by atomic mass is 16.7. The first-order valence-corrected chi connectivity index (χ1v) is 14.0. The molecule has 4 aliphatic heterocycles. The lowest BCUT2D eigenvalue weighted by molar-refractivity contribution is -0.178. The Hall–Kier alpha value is -3.67. The summed E-state index contributed by atoms with van der Waals surface area (Å²) in [6.07, 6.45) is 2.43. The molecule has 0 saturated carbocycles. The Morgan fingerprint density at radius 2 is 1.95 bits per heavy atom. The quantitative estimate of drug-likeness (QED) is 0.338. The van der Waals surface area contributed by atoms with Gasteiger partial charge in [-0.1, -0.05) is 6.92 Å². The van der Waals surface area contributed by atoms with Gasteiger partial charge in [-0.2, -0.15) is 0 Å². The van der Waals surface area contributed by atoms with Crippen molar-refractivity contribution in [3.05, 3.63) is 23.8 Å². The number of rotatable bonds is 10. The highest BCUT2D eigenvalue weighted by Gasteiger charge is 2.45. The van der Waals surface area contributed by atoms with E-state index in [2.05, 4.69) is 5.32 Å². The topological polar surface area (TPSA) is 141 Å². The lowest BCUT2D eigenvalue weighted by atomic mass is 9.93. The summed E-state index contributed by atoms with van der Waals surface area (Å²) in [6, 6.07) is 3.51. The van der Waals surface area contributed by atoms with Crippen molar-refractivity contribution in [3.8, 4) is 11.5 Å². The van der Waals surface area contributed by atoms with E-state index in [-0.39, 0.29) is 43.7 Å². The molecule has 1 aromatic carbocycles. The van der Waals surface area contributed by atoms with Crippen LogP contribution in [0.3, 0.4) is 0 Å². The van der Waals surface area contributed by atoms with Crippen LogP contribution in [0, 0.1) is 5.92 Å². The molecule has 1 N–H and O–H groups in total. The van der Waals surface area contributed by atoms with E-state index in [1.54, 1.807) is 18.2 Å². The third kappa shape index (κ3) is 5.91. The van der Waals surface area contributed by atoms with Gasteiger partial charge in [-0.25, -0.2) is 5.01 Å². The molecule has 12 heteroatoms. The fourth-order valence-corrected chi connectivity index (χ4v) is 5.64. The van der Waals surface area contributed by atoms with Gasteiger partial charge in [0.2, 0.25) is 30.8 Å². The Morgan fingerprint density at radius 3 is 2.77 bits per heavy atom. The van der Waals surface area contributed by atoms with Crippen LogP contribution in [0.4, 0.5) is 0 Å². The Kier molecular flexibility index (Phi) is 8.53. The van der Waals surface area contributed by atoms with E-state index in [0.717, 1.165) is 6.42 Å². The fourth-order valence-electron chi connectivity index (χ4n) is 5.64. The highest BCUT2D eigenvalue weighted by Crippen LogP contribution is 2.34. The molecular formula is C28H35N3O9. The molecule has 0 aliphatic carbocycles. The van der Waals surface area contributed by atoms with E-state index < -0.39 is 36.2 Å². The fraction of sp³-hybridized carbons (Fsp3) is 0.607. The largest absolute Gasteiger partial charge is 0.454 e. The zero-order valence-corrected chi connectivity index (χ0v) is 22.6. The van der Waals surface area contributed by atoms with Gasteiger partial charge in [-0.15, -0.1) is 0 Å². The molecule has 3 amide bonds. The van der Waals surface area contributed by atoms with Gasteiger partial charge in [0.05, 0.1) is 13.0 Å². The van der Waals surface area contributed by atoms with E-state index in [0.29, 0.717) is 62.3 Å². The zero-order chi connectivity index (χ0) is 28.2. The number of hydrogen-bond donors (Lipinski definition) is 1. The summed E-state index contributed by atoms with van der Waals surface area (Å²) < 4.78 is 21.4. The zero-order valence-electron chi connectivity index (χ0n) is 22.6. The molecule has 3 saturated heterocycles. The molecule has 1 aromatic rings. The number of nitrogens with zero attached hydrogens (tertiary/aromatic N) is 2. The van der Waals surface area contributed by atoms with Crippen LogP contribution in [0.25, 0.3) is 0 Å². The molecule has 4 aliphatic rings. The van der Waals surface area contributed by atoms with Crippen molar-refractivity contribution in [2.75, 3.05) is 19.9 Å². The number of esters is 1. The molecule has 12 nitrogen and oxygen atoms in total. The van der Waals surface area contributed by atoms with Gasteiger partial charge >= 0.3 is 5.97 Å². The molecule has 40 heavy (non-hydrogen) atoms. The first-order chi connectivity index (χ1) is 19.4. The summed E-state index contributed by atoms with van der Waals surface area (Å²) in [4.78, 5) is 64.8. The van der Waals surface area contributed by atoms with Gasteiger partial charge in [-0.3, -0.25) is 29.0 Å². The Bertz CT molecular complexity index is 1170. The van der Waals surface area contributed by atoms with Crippen molar-refractivity contribution in [1.82, 2.24) is 15.3 Å². The molecular weight excluding hydrogens is 522 g/mol. The summed E-state index contributed by atoms with van der Waals surface area (Å²) in [5.41, 5.74) is 0.515. The van der Waals surface area contributed by atoms with Gasteiger partial charge in [0.25, 0.3) is 0 Å². The Balaban J connectivity index is 1.22. The third-order valence-corrected chi connectivity index (χ3v) is 7.70. The number of hydrogen-bond acceptors (Lipinski definition) is 9. The predicted octanol–water partition coefficient (Wildman–Crippen LogP) is 2.10. The van der Waals surface area contributed by atoms with Gasteiger partial charge in [-0.05, 0) is 56.7 Å². The van der Waals surface area contributed by atoms with Gasteiger partial charge in [0, 0.05) is 30.9 Å². The van der Waals surface area contributed by atoms with Crippen molar-refractivity contribution in [2.24, 2.45) is 5.92 Å². The second kappa shape index (κ2) is 12.2. The van der Waals surface area contributed by atoms with Crippen molar-refractivity contribution >= 4 is 29.5 Å². The maximum atomic E-state index is 13.7. The molecule has 0 radical (unpaired) electrons. The number of hydrazine groups is 1. The SMILES string of the molecule is CCCOC1OC(=O)C[C@@H]1NC(=O)[C@@H]1CCCN2C(=O)CC[C@H](CCCC(=O)c3ccc4c(c3)OCO4)C(=O)N12. The average Bonchev–Trinajstić information content (AvgIpc) is 3.54. The summed E-state index contributed by atoms with van der Waals surface area (Å²) in [6.45, 7) is 2.78. The molecule has 216 valence electrons. The summed E-state index contributed by atoms with van der Waals surface area (Å²) >= 11 is 0. The standard InChI is InChI=1S/C28H35N3O9/c1-2-13-37-28-19(15-25(34)40-28)29-26(35)20-6-4-12-30-24(33)11-9-17(27(36)31(20)30)5-3-7-21(32)18-8-10-22-23(14-18)39-16-38-22/h8,10,14,17,19-20,28H,2-7,9,11-13,15-16H2,1H3,(H,29,35)/t17-,19-,20-,28?/m0/s1. The van der Waals surface area contributed by atoms with Crippen molar-refractivity contribution in [2.45, 2.75) is 83.1 Å². The minimum atomic E-state index is -0.886. The molecule has 1 unspecified atom stereocenters. The van der Waals surface area contributed by atoms with Crippen molar-refractivity contribution in [1.29, 1.82) is 0 Å². The summed E-state index contributed by atoms with van der Waals surface area (Å²) in [7, 11) is 0. The number of amides is 3. The average molecular weight is 558 g/mol. The molecule has 0 aromatic heterocycles. The first kappa shape index (κ1) is 27.9. The van der Waals surface area contributed by atoms with E-state index in [4.69, 9.17) is 18.9 Å². The number of Topliss-reactive ketones (excluding diaryl/α,β-unsaturated/α-hetero) is 1. The second-order valence-corrected chi connectivity index (χ2v) is 10.5. The number of nitrogens with one attached hydrogen (secondary N) is 1. The summed E-state index contributed by atoms with van der Waals surface area (Å²) in [5, 5.41) is 5.55. The van der Waals surface area contributed by atoms with Crippen LogP contribution in [0.1, 0.15) is 75.1 Å². The number of carbonyl (C=O) groups is 5. The number of carbonyl (C=O) groups excluding carboxylic acids is 5. The van der Waals surface area contributed by atoms with Crippen LogP contribution in [0.2, 0.25) is 0 Å². The first-order valence-electron chi connectivity index (χ1n) is 14.0. The van der Waals surface area contributed by atoms with Gasteiger partial charge < -0.3 is 24.3 Å². The van der Waals surface area contributed by atoms with Crippen LogP contribution in [0.5, 0.6) is 11.5 Å². The third-order valence-electron chi connectivity index (χ3n) is 7.70. The molecule has 4 atom stereocenters. The maximum Gasteiger partial charge on any atom is 0.310 e. The monoisotopic (exact) mass is 557 g/mol. The molecule has 3 fully saturated rings. The Morgan fingerprint density at radius 1 is 1.12 bits per heavy atom. The number of ether oxygens (including phenoxy) is 4. The molecule has 0 bridgehead atoms. The molecule has 4 heterocycles. The smallest absolute Gasteiger partial charge is 0.310 e. The minimum Gasteiger partial charge on any atom is -0.454 e. The van der Waals surface area contributed by atoms with Crippen LogP contribution in [0.15, 0.2) is 18.2 Å². The lowest BCUT2D eigenvalue weighted by Crippen LogP contribution is -2.63. The van der Waals surface area contributed by atoms with E-state index in [1.165, 1.54) is 10.0 Å². The maximum absolute atomic E-state index is 13.7. The highest BCUT2D eigenvalue weighted by molar-refractivity contribution is 5.97. The Labute approximate surface area is 232 Å².